The molecule has 1 fully saturated rings. The van der Waals surface area contributed by atoms with Crippen LogP contribution in [-0.4, -0.2) is 48.4 Å². The molecule has 3 amide bonds. The van der Waals surface area contributed by atoms with Crippen LogP contribution in [-0.2, 0) is 9.59 Å². The fraction of sp³-hybridized carbons (Fsp3) is 0.526. The number of piperidine rings is 1. The van der Waals surface area contributed by atoms with Crippen molar-refractivity contribution in [2.24, 2.45) is 5.73 Å². The number of hydrogen-bond acceptors (Lipinski definition) is 4. The molecule has 2 rings (SSSR count). The Morgan fingerprint density at radius 2 is 2.04 bits per heavy atom. The summed E-state index contributed by atoms with van der Waals surface area (Å²) in [5.74, 6) is -0.154. The zero-order valence-corrected chi connectivity index (χ0v) is 15.2. The van der Waals surface area contributed by atoms with E-state index in [0.717, 1.165) is 19.3 Å². The second kappa shape index (κ2) is 9.79. The first-order valence-corrected chi connectivity index (χ1v) is 9.10. The predicted octanol–water partition coefficient (Wildman–Crippen LogP) is 1.46. The molecule has 3 N–H and O–H groups in total. The molecule has 0 bridgehead atoms. The van der Waals surface area contributed by atoms with E-state index in [1.54, 1.807) is 29.2 Å². The minimum atomic E-state index is -0.561. The molecule has 1 aromatic carbocycles. The summed E-state index contributed by atoms with van der Waals surface area (Å²) in [7, 11) is 0. The zero-order chi connectivity index (χ0) is 18.9. The van der Waals surface area contributed by atoms with Crippen LogP contribution in [0, 0.1) is 0 Å². The maximum atomic E-state index is 12.4. The van der Waals surface area contributed by atoms with Crippen LogP contribution in [0.15, 0.2) is 24.3 Å². The van der Waals surface area contributed by atoms with Gasteiger partial charge in [0.2, 0.25) is 11.8 Å². The van der Waals surface area contributed by atoms with Crippen LogP contribution in [0.25, 0.3) is 0 Å². The number of hydrogen-bond donors (Lipinski definition) is 2. The van der Waals surface area contributed by atoms with Crippen molar-refractivity contribution in [3.05, 3.63) is 29.8 Å². The van der Waals surface area contributed by atoms with E-state index in [1.807, 2.05) is 6.92 Å². The molecule has 0 aromatic heterocycles. The fourth-order valence-corrected chi connectivity index (χ4v) is 3.05. The summed E-state index contributed by atoms with van der Waals surface area (Å²) in [5, 5.41) is 2.99. The number of carbonyl (C=O) groups is 3. The van der Waals surface area contributed by atoms with Crippen molar-refractivity contribution >= 4 is 17.7 Å². The van der Waals surface area contributed by atoms with Gasteiger partial charge in [0.25, 0.3) is 5.91 Å². The van der Waals surface area contributed by atoms with Crippen molar-refractivity contribution in [3.8, 4) is 5.75 Å². The summed E-state index contributed by atoms with van der Waals surface area (Å²) >= 11 is 0. The number of rotatable bonds is 8. The molecule has 1 atom stereocenters. The molecule has 0 saturated carbocycles. The zero-order valence-electron chi connectivity index (χ0n) is 15.2. The predicted molar refractivity (Wildman–Crippen MR) is 97.7 cm³/mol. The molecule has 142 valence electrons. The SMILES string of the molecule is CCCC(=O)N[C@H]1CCCN(C(=O)CCOc2ccccc2C(N)=O)C1. The highest BCUT2D eigenvalue weighted by Crippen LogP contribution is 2.18. The fourth-order valence-electron chi connectivity index (χ4n) is 3.05. The first-order chi connectivity index (χ1) is 12.5. The van der Waals surface area contributed by atoms with Crippen molar-refractivity contribution in [1.82, 2.24) is 10.2 Å². The van der Waals surface area contributed by atoms with Crippen LogP contribution < -0.4 is 15.8 Å². The van der Waals surface area contributed by atoms with Gasteiger partial charge < -0.3 is 20.7 Å². The first-order valence-electron chi connectivity index (χ1n) is 9.10. The molecule has 1 aromatic rings. The standard InChI is InChI=1S/C19H27N3O4/c1-2-6-17(23)21-14-7-5-11-22(13-14)18(24)10-12-26-16-9-4-3-8-15(16)19(20)25/h3-4,8-9,14H,2,5-7,10-13H2,1H3,(H2,20,25)(H,21,23)/t14-/m0/s1. The third kappa shape index (κ3) is 5.75. The van der Waals surface area contributed by atoms with Gasteiger partial charge in [0.05, 0.1) is 18.6 Å². The lowest BCUT2D eigenvalue weighted by atomic mass is 10.0. The lowest BCUT2D eigenvalue weighted by molar-refractivity contribution is -0.134. The molecule has 0 spiro atoms. The van der Waals surface area contributed by atoms with Gasteiger partial charge in [-0.25, -0.2) is 0 Å². The molecule has 1 saturated heterocycles. The number of amides is 3. The number of likely N-dealkylation sites (tertiary alicyclic amines) is 1. The van der Waals surface area contributed by atoms with Gasteiger partial charge >= 0.3 is 0 Å². The van der Waals surface area contributed by atoms with Crippen LogP contribution >= 0.6 is 0 Å². The highest BCUT2D eigenvalue weighted by molar-refractivity contribution is 5.95. The summed E-state index contributed by atoms with van der Waals surface area (Å²) in [6, 6.07) is 6.72. The maximum absolute atomic E-state index is 12.4. The van der Waals surface area contributed by atoms with Crippen molar-refractivity contribution < 1.29 is 19.1 Å². The number of para-hydroxylation sites is 1. The molecular formula is C19H27N3O4. The molecule has 7 nitrogen and oxygen atoms in total. The molecule has 0 radical (unpaired) electrons. The lowest BCUT2D eigenvalue weighted by Crippen LogP contribution is -2.49. The minimum Gasteiger partial charge on any atom is -0.492 e. The van der Waals surface area contributed by atoms with E-state index < -0.39 is 5.91 Å². The molecule has 1 heterocycles. The van der Waals surface area contributed by atoms with Gasteiger partial charge in [-0.3, -0.25) is 14.4 Å². The number of nitrogens with one attached hydrogen (secondary N) is 1. The van der Waals surface area contributed by atoms with Crippen molar-refractivity contribution in [2.75, 3.05) is 19.7 Å². The number of nitrogens with two attached hydrogens (primary N) is 1. The quantitative estimate of drug-likeness (QED) is 0.732. The molecule has 7 heteroatoms. The molecule has 0 unspecified atom stereocenters. The van der Waals surface area contributed by atoms with E-state index in [9.17, 15) is 14.4 Å². The Hall–Kier alpha value is -2.57. The van der Waals surface area contributed by atoms with Gasteiger partial charge in [-0.2, -0.15) is 0 Å². The van der Waals surface area contributed by atoms with Gasteiger partial charge in [0.15, 0.2) is 0 Å². The van der Waals surface area contributed by atoms with E-state index >= 15 is 0 Å². The Kier molecular flexibility index (Phi) is 7.44. The number of primary amides is 1. The van der Waals surface area contributed by atoms with E-state index in [-0.39, 0.29) is 30.9 Å². The van der Waals surface area contributed by atoms with Gasteiger partial charge in [0, 0.05) is 25.6 Å². The second-order valence-electron chi connectivity index (χ2n) is 6.46. The monoisotopic (exact) mass is 361 g/mol. The van der Waals surface area contributed by atoms with Crippen molar-refractivity contribution in [3.63, 3.8) is 0 Å². The minimum absolute atomic E-state index is 0.0169. The van der Waals surface area contributed by atoms with Gasteiger partial charge in [-0.15, -0.1) is 0 Å². The Morgan fingerprint density at radius 1 is 1.27 bits per heavy atom. The average molecular weight is 361 g/mol. The van der Waals surface area contributed by atoms with Gasteiger partial charge in [-0.05, 0) is 31.4 Å². The van der Waals surface area contributed by atoms with Gasteiger partial charge in [0.1, 0.15) is 5.75 Å². The van der Waals surface area contributed by atoms with Gasteiger partial charge in [-0.1, -0.05) is 19.1 Å². The van der Waals surface area contributed by atoms with Crippen LogP contribution in [0.5, 0.6) is 5.75 Å². The van der Waals surface area contributed by atoms with Crippen LogP contribution in [0.3, 0.4) is 0 Å². The topological polar surface area (TPSA) is 102 Å². The number of benzene rings is 1. The highest BCUT2D eigenvalue weighted by Gasteiger charge is 2.24. The summed E-state index contributed by atoms with van der Waals surface area (Å²) in [6.45, 7) is 3.36. The summed E-state index contributed by atoms with van der Waals surface area (Å²) in [6.07, 6.45) is 3.29. The van der Waals surface area contributed by atoms with Crippen molar-refractivity contribution in [2.45, 2.75) is 45.1 Å². The first kappa shape index (κ1) is 19.8. The van der Waals surface area contributed by atoms with Crippen LogP contribution in [0.4, 0.5) is 0 Å². The smallest absolute Gasteiger partial charge is 0.252 e. The third-order valence-corrected chi connectivity index (χ3v) is 4.34. The van der Waals surface area contributed by atoms with E-state index in [1.165, 1.54) is 0 Å². The lowest BCUT2D eigenvalue weighted by Gasteiger charge is -2.33. The Bertz CT molecular complexity index is 647. The maximum Gasteiger partial charge on any atom is 0.252 e. The average Bonchev–Trinajstić information content (AvgIpc) is 2.62. The summed E-state index contributed by atoms with van der Waals surface area (Å²) in [5.41, 5.74) is 5.61. The number of carbonyl (C=O) groups excluding carboxylic acids is 3. The van der Waals surface area contributed by atoms with E-state index in [0.29, 0.717) is 30.8 Å². The second-order valence-corrected chi connectivity index (χ2v) is 6.46. The molecule has 26 heavy (non-hydrogen) atoms. The Balaban J connectivity index is 1.80. The summed E-state index contributed by atoms with van der Waals surface area (Å²) < 4.78 is 5.57. The van der Waals surface area contributed by atoms with Crippen molar-refractivity contribution in [1.29, 1.82) is 0 Å². The molecule has 1 aliphatic rings. The van der Waals surface area contributed by atoms with E-state index in [4.69, 9.17) is 10.5 Å². The Labute approximate surface area is 153 Å². The van der Waals surface area contributed by atoms with E-state index in [2.05, 4.69) is 5.32 Å². The highest BCUT2D eigenvalue weighted by atomic mass is 16.5. The molecule has 0 aliphatic carbocycles. The summed E-state index contributed by atoms with van der Waals surface area (Å²) in [4.78, 5) is 37.3. The normalized spacial score (nSPS) is 16.8. The number of nitrogens with zero attached hydrogens (tertiary/aromatic N) is 1. The van der Waals surface area contributed by atoms with Crippen LogP contribution in [0.2, 0.25) is 0 Å². The molecular weight excluding hydrogens is 334 g/mol. The number of ether oxygens (including phenoxy) is 1. The molecule has 1 aliphatic heterocycles. The Morgan fingerprint density at radius 3 is 2.77 bits per heavy atom. The third-order valence-electron chi connectivity index (χ3n) is 4.34. The largest absolute Gasteiger partial charge is 0.492 e. The van der Waals surface area contributed by atoms with Crippen LogP contribution in [0.1, 0.15) is 49.4 Å².